The molecule has 4 heteroatoms. The molecule has 0 atom stereocenters. The third kappa shape index (κ3) is 2.39. The molecule has 14 heavy (non-hydrogen) atoms. The minimum Gasteiger partial charge on any atom is -0.397 e. The SMILES string of the molecule is CCCNC(=O)c1cccc(Cl)c1N. The first-order valence-corrected chi connectivity index (χ1v) is 4.86. The van der Waals surface area contributed by atoms with Gasteiger partial charge in [-0.25, -0.2) is 0 Å². The summed E-state index contributed by atoms with van der Waals surface area (Å²) >= 11 is 5.79. The summed E-state index contributed by atoms with van der Waals surface area (Å²) in [7, 11) is 0. The number of rotatable bonds is 3. The highest BCUT2D eigenvalue weighted by Gasteiger charge is 2.10. The fourth-order valence-corrected chi connectivity index (χ4v) is 1.24. The molecule has 0 aliphatic rings. The minimum absolute atomic E-state index is 0.174. The van der Waals surface area contributed by atoms with E-state index in [1.807, 2.05) is 6.92 Å². The van der Waals surface area contributed by atoms with E-state index >= 15 is 0 Å². The lowest BCUT2D eigenvalue weighted by atomic mass is 10.1. The van der Waals surface area contributed by atoms with Crippen molar-refractivity contribution in [3.05, 3.63) is 28.8 Å². The van der Waals surface area contributed by atoms with Crippen molar-refractivity contribution in [1.29, 1.82) is 0 Å². The summed E-state index contributed by atoms with van der Waals surface area (Å²) in [6.07, 6.45) is 0.895. The van der Waals surface area contributed by atoms with Gasteiger partial charge in [0.05, 0.1) is 16.3 Å². The van der Waals surface area contributed by atoms with Gasteiger partial charge in [0.2, 0.25) is 0 Å². The molecule has 0 unspecified atom stereocenters. The standard InChI is InChI=1S/C10H13ClN2O/c1-2-6-13-10(14)7-4-3-5-8(11)9(7)12/h3-5H,2,6,12H2,1H3,(H,13,14). The largest absolute Gasteiger partial charge is 0.397 e. The Kier molecular flexibility index (Phi) is 3.77. The van der Waals surface area contributed by atoms with E-state index in [-0.39, 0.29) is 5.91 Å². The minimum atomic E-state index is -0.174. The fraction of sp³-hybridized carbons (Fsp3) is 0.300. The average Bonchev–Trinajstić information content (AvgIpc) is 2.18. The number of anilines is 1. The topological polar surface area (TPSA) is 55.1 Å². The van der Waals surface area contributed by atoms with E-state index in [0.29, 0.717) is 22.8 Å². The number of carbonyl (C=O) groups is 1. The Morgan fingerprint density at radius 2 is 2.29 bits per heavy atom. The molecule has 0 aliphatic heterocycles. The molecule has 0 radical (unpaired) electrons. The van der Waals surface area contributed by atoms with Gasteiger partial charge in [0, 0.05) is 6.54 Å². The second kappa shape index (κ2) is 4.86. The summed E-state index contributed by atoms with van der Waals surface area (Å²) in [4.78, 5) is 11.5. The molecular weight excluding hydrogens is 200 g/mol. The molecule has 1 amide bonds. The lowest BCUT2D eigenvalue weighted by molar-refractivity contribution is 0.0954. The van der Waals surface area contributed by atoms with Crippen LogP contribution in [0.25, 0.3) is 0 Å². The number of nitrogens with one attached hydrogen (secondary N) is 1. The molecule has 1 aromatic carbocycles. The molecule has 0 bridgehead atoms. The number of benzene rings is 1. The van der Waals surface area contributed by atoms with Crippen LogP contribution in [0.2, 0.25) is 5.02 Å². The van der Waals surface area contributed by atoms with Crippen LogP contribution in [0.3, 0.4) is 0 Å². The van der Waals surface area contributed by atoms with E-state index in [1.54, 1.807) is 18.2 Å². The van der Waals surface area contributed by atoms with E-state index in [1.165, 1.54) is 0 Å². The average molecular weight is 213 g/mol. The number of hydrogen-bond acceptors (Lipinski definition) is 2. The molecule has 3 N–H and O–H groups in total. The molecule has 0 fully saturated rings. The van der Waals surface area contributed by atoms with Crippen molar-refractivity contribution in [3.8, 4) is 0 Å². The molecule has 0 saturated heterocycles. The third-order valence-electron chi connectivity index (χ3n) is 1.83. The van der Waals surface area contributed by atoms with Gasteiger partial charge in [-0.1, -0.05) is 24.6 Å². The third-order valence-corrected chi connectivity index (χ3v) is 2.16. The van der Waals surface area contributed by atoms with Crippen LogP contribution in [0.4, 0.5) is 5.69 Å². The number of nitrogen functional groups attached to an aromatic ring is 1. The first kappa shape index (κ1) is 10.9. The molecule has 0 aliphatic carbocycles. The van der Waals surface area contributed by atoms with Crippen LogP contribution < -0.4 is 11.1 Å². The Morgan fingerprint density at radius 3 is 2.93 bits per heavy atom. The highest BCUT2D eigenvalue weighted by molar-refractivity contribution is 6.33. The highest BCUT2D eigenvalue weighted by atomic mass is 35.5. The smallest absolute Gasteiger partial charge is 0.253 e. The molecular formula is C10H13ClN2O. The summed E-state index contributed by atoms with van der Waals surface area (Å²) in [6, 6.07) is 5.03. The molecule has 1 rings (SSSR count). The van der Waals surface area contributed by atoms with Crippen molar-refractivity contribution in [2.75, 3.05) is 12.3 Å². The van der Waals surface area contributed by atoms with E-state index in [2.05, 4.69) is 5.32 Å². The Hall–Kier alpha value is -1.22. The van der Waals surface area contributed by atoms with E-state index in [0.717, 1.165) is 6.42 Å². The molecule has 0 spiro atoms. The summed E-state index contributed by atoms with van der Waals surface area (Å²) in [6.45, 7) is 2.63. The normalized spacial score (nSPS) is 9.86. The first-order chi connectivity index (χ1) is 6.66. The van der Waals surface area contributed by atoms with Gasteiger partial charge in [-0.15, -0.1) is 0 Å². The van der Waals surface area contributed by atoms with Crippen molar-refractivity contribution in [2.24, 2.45) is 0 Å². The summed E-state index contributed by atoms with van der Waals surface area (Å²) in [5, 5.41) is 3.15. The summed E-state index contributed by atoms with van der Waals surface area (Å²) < 4.78 is 0. The maximum atomic E-state index is 11.5. The van der Waals surface area contributed by atoms with Crippen LogP contribution in [-0.4, -0.2) is 12.5 Å². The number of para-hydroxylation sites is 1. The number of hydrogen-bond donors (Lipinski definition) is 2. The van der Waals surface area contributed by atoms with Crippen LogP contribution in [0.15, 0.2) is 18.2 Å². The highest BCUT2D eigenvalue weighted by Crippen LogP contribution is 2.21. The monoisotopic (exact) mass is 212 g/mol. The quantitative estimate of drug-likeness (QED) is 0.754. The number of nitrogens with two attached hydrogens (primary N) is 1. The van der Waals surface area contributed by atoms with Crippen LogP contribution in [0.5, 0.6) is 0 Å². The predicted molar refractivity (Wildman–Crippen MR) is 58.5 cm³/mol. The number of carbonyl (C=O) groups excluding carboxylic acids is 1. The zero-order chi connectivity index (χ0) is 10.6. The fourth-order valence-electron chi connectivity index (χ4n) is 1.07. The van der Waals surface area contributed by atoms with Crippen molar-refractivity contribution in [2.45, 2.75) is 13.3 Å². The van der Waals surface area contributed by atoms with Crippen molar-refractivity contribution in [1.82, 2.24) is 5.32 Å². The van der Waals surface area contributed by atoms with Gasteiger partial charge >= 0.3 is 0 Å². The molecule has 0 heterocycles. The van der Waals surface area contributed by atoms with Crippen molar-refractivity contribution in [3.63, 3.8) is 0 Å². The maximum Gasteiger partial charge on any atom is 0.253 e. The second-order valence-electron chi connectivity index (χ2n) is 2.96. The Morgan fingerprint density at radius 1 is 1.57 bits per heavy atom. The zero-order valence-corrected chi connectivity index (χ0v) is 8.77. The molecule has 3 nitrogen and oxygen atoms in total. The van der Waals surface area contributed by atoms with Gasteiger partial charge in [-0.05, 0) is 18.6 Å². The predicted octanol–water partition coefficient (Wildman–Crippen LogP) is 2.06. The van der Waals surface area contributed by atoms with E-state index in [4.69, 9.17) is 17.3 Å². The molecule has 1 aromatic rings. The zero-order valence-electron chi connectivity index (χ0n) is 8.01. The van der Waals surface area contributed by atoms with Crippen LogP contribution in [0.1, 0.15) is 23.7 Å². The van der Waals surface area contributed by atoms with Crippen LogP contribution in [-0.2, 0) is 0 Å². The number of amides is 1. The van der Waals surface area contributed by atoms with E-state index < -0.39 is 0 Å². The van der Waals surface area contributed by atoms with E-state index in [9.17, 15) is 4.79 Å². The van der Waals surface area contributed by atoms with Crippen molar-refractivity contribution < 1.29 is 4.79 Å². The number of halogens is 1. The van der Waals surface area contributed by atoms with Gasteiger partial charge in [0.1, 0.15) is 0 Å². The summed E-state index contributed by atoms with van der Waals surface area (Å²) in [5.74, 6) is -0.174. The van der Waals surface area contributed by atoms with Gasteiger partial charge in [-0.3, -0.25) is 4.79 Å². The Balaban J connectivity index is 2.84. The first-order valence-electron chi connectivity index (χ1n) is 4.49. The molecule has 0 aromatic heterocycles. The second-order valence-corrected chi connectivity index (χ2v) is 3.36. The molecule has 0 saturated carbocycles. The van der Waals surface area contributed by atoms with Crippen LogP contribution >= 0.6 is 11.6 Å². The molecule has 76 valence electrons. The Bertz CT molecular complexity index is 339. The van der Waals surface area contributed by atoms with Gasteiger partial charge in [-0.2, -0.15) is 0 Å². The van der Waals surface area contributed by atoms with Gasteiger partial charge in [0.15, 0.2) is 0 Å². The Labute approximate surface area is 88.2 Å². The van der Waals surface area contributed by atoms with Gasteiger partial charge < -0.3 is 11.1 Å². The van der Waals surface area contributed by atoms with Gasteiger partial charge in [0.25, 0.3) is 5.91 Å². The lowest BCUT2D eigenvalue weighted by Gasteiger charge is -2.07. The van der Waals surface area contributed by atoms with Crippen LogP contribution in [0, 0.1) is 0 Å². The summed E-state index contributed by atoms with van der Waals surface area (Å²) in [5.41, 5.74) is 6.43. The van der Waals surface area contributed by atoms with Crippen molar-refractivity contribution >= 4 is 23.2 Å². The lowest BCUT2D eigenvalue weighted by Crippen LogP contribution is -2.24. The maximum absolute atomic E-state index is 11.5.